The molecule has 0 aliphatic rings. The molecule has 0 saturated carbocycles. The highest BCUT2D eigenvalue weighted by molar-refractivity contribution is 5.69. The van der Waals surface area contributed by atoms with Crippen molar-refractivity contribution in [2.45, 2.75) is 90.1 Å². The van der Waals surface area contributed by atoms with Gasteiger partial charge < -0.3 is 9.84 Å². The van der Waals surface area contributed by atoms with Crippen molar-refractivity contribution < 1.29 is 14.6 Å². The van der Waals surface area contributed by atoms with Crippen LogP contribution in [0.3, 0.4) is 0 Å². The first-order chi connectivity index (χ1) is 11.2. The average molecular weight is 325 g/mol. The van der Waals surface area contributed by atoms with Gasteiger partial charge in [-0.15, -0.1) is 6.58 Å². The zero-order valence-corrected chi connectivity index (χ0v) is 15.0. The van der Waals surface area contributed by atoms with Gasteiger partial charge in [-0.2, -0.15) is 0 Å². The number of carbonyl (C=O) groups is 1. The maximum absolute atomic E-state index is 11.4. The van der Waals surface area contributed by atoms with E-state index in [0.717, 1.165) is 25.7 Å². The Morgan fingerprint density at radius 3 is 2.26 bits per heavy atom. The molecule has 0 fully saturated rings. The fourth-order valence-electron chi connectivity index (χ4n) is 2.23. The number of aliphatic hydroxyl groups is 1. The largest absolute Gasteiger partial charge is 0.463 e. The number of hydrogen-bond donors (Lipinski definition) is 1. The summed E-state index contributed by atoms with van der Waals surface area (Å²) in [5.41, 5.74) is 0. The Morgan fingerprint density at radius 2 is 1.61 bits per heavy atom. The summed E-state index contributed by atoms with van der Waals surface area (Å²) in [7, 11) is 0. The molecule has 0 heterocycles. The van der Waals surface area contributed by atoms with Crippen LogP contribution in [0.1, 0.15) is 84.0 Å². The van der Waals surface area contributed by atoms with Gasteiger partial charge in [0.05, 0.1) is 6.10 Å². The van der Waals surface area contributed by atoms with E-state index < -0.39 is 6.10 Å². The first-order valence-corrected chi connectivity index (χ1v) is 9.30. The topological polar surface area (TPSA) is 46.5 Å². The molecule has 0 aromatic carbocycles. The van der Waals surface area contributed by atoms with Crippen molar-refractivity contribution in [3.8, 4) is 0 Å². The molecule has 0 spiro atoms. The summed E-state index contributed by atoms with van der Waals surface area (Å²) in [5, 5.41) is 9.31. The minimum absolute atomic E-state index is 0.135. The maximum atomic E-state index is 11.4. The van der Waals surface area contributed by atoms with Crippen LogP contribution in [0, 0.1) is 0 Å². The first kappa shape index (κ1) is 21.9. The van der Waals surface area contributed by atoms with E-state index >= 15 is 0 Å². The van der Waals surface area contributed by atoms with E-state index in [-0.39, 0.29) is 12.6 Å². The van der Waals surface area contributed by atoms with Gasteiger partial charge in [-0.3, -0.25) is 4.79 Å². The fraction of sp³-hybridized carbons (Fsp3) is 0.750. The molecule has 0 saturated heterocycles. The van der Waals surface area contributed by atoms with Crippen LogP contribution in [-0.2, 0) is 9.53 Å². The van der Waals surface area contributed by atoms with E-state index in [4.69, 9.17) is 4.74 Å². The lowest BCUT2D eigenvalue weighted by Crippen LogP contribution is -2.17. The van der Waals surface area contributed by atoms with Gasteiger partial charge in [-0.1, -0.05) is 50.8 Å². The Hall–Kier alpha value is -1.09. The molecule has 3 heteroatoms. The maximum Gasteiger partial charge on any atom is 0.305 e. The third-order valence-corrected chi connectivity index (χ3v) is 3.86. The summed E-state index contributed by atoms with van der Waals surface area (Å²) in [6.45, 7) is 5.73. The second kappa shape index (κ2) is 17.3. The number of allylic oxidation sites excluding steroid dienone is 3. The number of rotatable bonds is 16. The van der Waals surface area contributed by atoms with Gasteiger partial charge in [0.1, 0.15) is 6.61 Å². The van der Waals surface area contributed by atoms with Gasteiger partial charge in [-0.05, 0) is 44.9 Å². The summed E-state index contributed by atoms with van der Waals surface area (Å²) in [6, 6.07) is 0. The van der Waals surface area contributed by atoms with E-state index in [1.54, 1.807) is 0 Å². The third-order valence-electron chi connectivity index (χ3n) is 3.86. The van der Waals surface area contributed by atoms with Crippen LogP contribution in [0.4, 0.5) is 0 Å². The van der Waals surface area contributed by atoms with E-state index in [1.807, 2.05) is 13.0 Å². The molecule has 0 aromatic heterocycles. The number of esters is 1. The molecule has 0 bridgehead atoms. The number of unbranched alkanes of at least 4 members (excludes halogenated alkanes) is 8. The van der Waals surface area contributed by atoms with Crippen LogP contribution < -0.4 is 0 Å². The normalized spacial score (nSPS) is 12.4. The molecular weight excluding hydrogens is 288 g/mol. The molecule has 1 N–H and O–H groups in total. The van der Waals surface area contributed by atoms with Crippen LogP contribution in [0.2, 0.25) is 0 Å². The molecule has 0 aliphatic heterocycles. The smallest absolute Gasteiger partial charge is 0.305 e. The molecule has 0 aliphatic carbocycles. The molecule has 0 rings (SSSR count). The number of hydrogen-bond acceptors (Lipinski definition) is 3. The van der Waals surface area contributed by atoms with Crippen molar-refractivity contribution in [3.05, 3.63) is 24.8 Å². The predicted molar refractivity (Wildman–Crippen MR) is 97.4 cm³/mol. The summed E-state index contributed by atoms with van der Waals surface area (Å²) >= 11 is 0. The molecule has 0 amide bonds. The molecule has 0 aromatic rings. The zero-order chi connectivity index (χ0) is 17.2. The van der Waals surface area contributed by atoms with Crippen molar-refractivity contribution in [1.82, 2.24) is 0 Å². The predicted octanol–water partition coefficient (Wildman–Crippen LogP) is 5.33. The Balaban J connectivity index is 3.24. The Bertz CT molecular complexity index is 310. The van der Waals surface area contributed by atoms with Crippen molar-refractivity contribution in [2.75, 3.05) is 6.61 Å². The Labute approximate surface area is 142 Å². The molecule has 23 heavy (non-hydrogen) atoms. The lowest BCUT2D eigenvalue weighted by atomic mass is 10.1. The summed E-state index contributed by atoms with van der Waals surface area (Å²) in [4.78, 5) is 11.4. The molecule has 134 valence electrons. The zero-order valence-electron chi connectivity index (χ0n) is 15.0. The van der Waals surface area contributed by atoms with Crippen LogP contribution in [0.25, 0.3) is 0 Å². The van der Waals surface area contributed by atoms with Crippen LogP contribution in [0.15, 0.2) is 24.8 Å². The minimum atomic E-state index is -0.519. The molecular formula is C20H36O3. The van der Waals surface area contributed by atoms with Crippen molar-refractivity contribution >= 4 is 5.97 Å². The fourth-order valence-corrected chi connectivity index (χ4v) is 2.23. The number of ether oxygens (including phenoxy) is 1. The summed E-state index contributed by atoms with van der Waals surface area (Å²) in [5.74, 6) is -0.181. The number of aliphatic hydroxyl groups excluding tert-OH is 1. The number of carbonyl (C=O) groups excluding carboxylic acids is 1. The van der Waals surface area contributed by atoms with Gasteiger partial charge in [0, 0.05) is 6.42 Å². The average Bonchev–Trinajstić information content (AvgIpc) is 2.56. The Morgan fingerprint density at radius 1 is 1.00 bits per heavy atom. The van der Waals surface area contributed by atoms with Crippen LogP contribution in [0.5, 0.6) is 0 Å². The van der Waals surface area contributed by atoms with E-state index in [1.165, 1.54) is 38.5 Å². The quantitative estimate of drug-likeness (QED) is 0.237. The molecule has 0 radical (unpaired) electrons. The van der Waals surface area contributed by atoms with Gasteiger partial charge in [0.15, 0.2) is 0 Å². The van der Waals surface area contributed by atoms with Gasteiger partial charge in [0.25, 0.3) is 0 Å². The standard InChI is InChI=1S/C20H36O3/c1-3-5-6-7-8-9-10-11-12-13-14-15-16-17-20(22)23-18-19(21)4-2/h3,8-9,19,21H,1,4-7,10-18H2,2H3/b9-8+. The second-order valence-corrected chi connectivity index (χ2v) is 6.10. The summed E-state index contributed by atoms with van der Waals surface area (Å²) < 4.78 is 5.00. The Kier molecular flexibility index (Phi) is 16.4. The van der Waals surface area contributed by atoms with Crippen molar-refractivity contribution in [3.63, 3.8) is 0 Å². The van der Waals surface area contributed by atoms with Crippen molar-refractivity contribution in [1.29, 1.82) is 0 Å². The van der Waals surface area contributed by atoms with E-state index in [0.29, 0.717) is 12.8 Å². The van der Waals surface area contributed by atoms with Crippen LogP contribution >= 0.6 is 0 Å². The van der Waals surface area contributed by atoms with Gasteiger partial charge >= 0.3 is 5.97 Å². The highest BCUT2D eigenvalue weighted by Gasteiger charge is 2.06. The SMILES string of the molecule is C=CCCC/C=C/CCCCCCCCC(=O)OCC(O)CC. The highest BCUT2D eigenvalue weighted by Crippen LogP contribution is 2.10. The minimum Gasteiger partial charge on any atom is -0.463 e. The summed E-state index contributed by atoms with van der Waals surface area (Å²) in [6.07, 6.45) is 18.7. The van der Waals surface area contributed by atoms with E-state index in [2.05, 4.69) is 18.7 Å². The molecule has 1 unspecified atom stereocenters. The molecule has 3 nitrogen and oxygen atoms in total. The lowest BCUT2D eigenvalue weighted by Gasteiger charge is -2.08. The second-order valence-electron chi connectivity index (χ2n) is 6.10. The van der Waals surface area contributed by atoms with Gasteiger partial charge in [-0.25, -0.2) is 0 Å². The molecule has 1 atom stereocenters. The van der Waals surface area contributed by atoms with Gasteiger partial charge in [0.2, 0.25) is 0 Å². The third kappa shape index (κ3) is 17.1. The van der Waals surface area contributed by atoms with Crippen molar-refractivity contribution in [2.24, 2.45) is 0 Å². The highest BCUT2D eigenvalue weighted by atomic mass is 16.5. The van der Waals surface area contributed by atoms with Crippen LogP contribution in [-0.4, -0.2) is 23.8 Å². The van der Waals surface area contributed by atoms with E-state index in [9.17, 15) is 9.90 Å². The first-order valence-electron chi connectivity index (χ1n) is 9.30. The monoisotopic (exact) mass is 324 g/mol. The lowest BCUT2D eigenvalue weighted by molar-refractivity contribution is -0.146.